The second-order valence-electron chi connectivity index (χ2n) is 4.34. The van der Waals surface area contributed by atoms with Gasteiger partial charge in [-0.15, -0.1) is 0 Å². The summed E-state index contributed by atoms with van der Waals surface area (Å²) < 4.78 is 36.4. The summed E-state index contributed by atoms with van der Waals surface area (Å²) in [7, 11) is -1.26. The van der Waals surface area contributed by atoms with Crippen molar-refractivity contribution in [1.29, 1.82) is 0 Å². The first kappa shape index (κ1) is 16.1. The Balaban J connectivity index is 2.83. The molecule has 1 atom stereocenters. The summed E-state index contributed by atoms with van der Waals surface area (Å²) in [6.45, 7) is 0.597. The fourth-order valence-corrected chi connectivity index (χ4v) is 3.15. The maximum absolute atomic E-state index is 12.1. The van der Waals surface area contributed by atoms with Gasteiger partial charge in [-0.05, 0) is 18.6 Å². The second kappa shape index (κ2) is 7.02. The molecule has 0 bridgehead atoms. The molecule has 0 aromatic heterocycles. The van der Waals surface area contributed by atoms with E-state index in [1.807, 2.05) is 0 Å². The number of sulfonamides is 1. The Morgan fingerprint density at radius 3 is 2.47 bits per heavy atom. The molecule has 1 aromatic rings. The largest absolute Gasteiger partial charge is 0.384 e. The molecule has 1 N–H and O–H groups in total. The van der Waals surface area contributed by atoms with Crippen LogP contribution in [0.15, 0.2) is 29.2 Å². The molecular formula is C12H20N2O3S2. The van der Waals surface area contributed by atoms with E-state index in [9.17, 15) is 12.6 Å². The van der Waals surface area contributed by atoms with Crippen LogP contribution in [0.25, 0.3) is 0 Å². The highest BCUT2D eigenvalue weighted by atomic mass is 32.2. The minimum atomic E-state index is -3.45. The van der Waals surface area contributed by atoms with Gasteiger partial charge in [0.2, 0.25) is 10.0 Å². The molecule has 0 radical (unpaired) electrons. The van der Waals surface area contributed by atoms with Gasteiger partial charge in [0, 0.05) is 43.4 Å². The first-order valence-corrected chi connectivity index (χ1v) is 9.08. The lowest BCUT2D eigenvalue weighted by Gasteiger charge is -2.16. The van der Waals surface area contributed by atoms with Crippen molar-refractivity contribution in [2.75, 3.05) is 38.0 Å². The van der Waals surface area contributed by atoms with Crippen LogP contribution >= 0.6 is 0 Å². The SMILES string of the molecule is CN(C)S(=O)(=O)c1ccccc1NCCCS(C)=O. The normalized spacial score (nSPS) is 13.5. The van der Waals surface area contributed by atoms with Crippen molar-refractivity contribution in [2.24, 2.45) is 0 Å². The molecule has 1 aromatic carbocycles. The quantitative estimate of drug-likeness (QED) is 0.767. The number of hydrogen-bond acceptors (Lipinski definition) is 4. The molecule has 0 aliphatic rings. The van der Waals surface area contributed by atoms with Gasteiger partial charge >= 0.3 is 0 Å². The molecular weight excluding hydrogens is 284 g/mol. The maximum Gasteiger partial charge on any atom is 0.244 e. The van der Waals surface area contributed by atoms with Crippen LogP contribution in [0.3, 0.4) is 0 Å². The van der Waals surface area contributed by atoms with Gasteiger partial charge in [-0.25, -0.2) is 12.7 Å². The lowest BCUT2D eigenvalue weighted by molar-refractivity contribution is 0.521. The molecule has 0 saturated heterocycles. The summed E-state index contributed by atoms with van der Waals surface area (Å²) in [5.74, 6) is 0.607. The minimum absolute atomic E-state index is 0.262. The van der Waals surface area contributed by atoms with Crippen LogP contribution < -0.4 is 5.32 Å². The number of benzene rings is 1. The molecule has 1 rings (SSSR count). The minimum Gasteiger partial charge on any atom is -0.384 e. The lowest BCUT2D eigenvalue weighted by Crippen LogP contribution is -2.23. The van der Waals surface area contributed by atoms with Crippen LogP contribution in [0.4, 0.5) is 5.69 Å². The van der Waals surface area contributed by atoms with Gasteiger partial charge in [-0.1, -0.05) is 12.1 Å². The van der Waals surface area contributed by atoms with E-state index in [-0.39, 0.29) is 4.90 Å². The van der Waals surface area contributed by atoms with Gasteiger partial charge in [0.1, 0.15) is 4.90 Å². The number of nitrogens with one attached hydrogen (secondary N) is 1. The molecule has 0 spiro atoms. The van der Waals surface area contributed by atoms with Crippen LogP contribution in [0, 0.1) is 0 Å². The van der Waals surface area contributed by atoms with Crippen LogP contribution in [-0.4, -0.2) is 49.6 Å². The molecule has 7 heteroatoms. The fraction of sp³-hybridized carbons (Fsp3) is 0.500. The maximum atomic E-state index is 12.1. The van der Waals surface area contributed by atoms with E-state index in [0.29, 0.717) is 18.0 Å². The van der Waals surface area contributed by atoms with Crippen molar-refractivity contribution < 1.29 is 12.6 Å². The predicted octanol–water partition coefficient (Wildman–Crippen LogP) is 1.12. The van der Waals surface area contributed by atoms with Gasteiger partial charge in [0.05, 0.1) is 5.69 Å². The van der Waals surface area contributed by atoms with Crippen molar-refractivity contribution in [3.8, 4) is 0 Å². The molecule has 0 aliphatic carbocycles. The van der Waals surface area contributed by atoms with Gasteiger partial charge in [-0.2, -0.15) is 0 Å². The van der Waals surface area contributed by atoms with E-state index >= 15 is 0 Å². The summed E-state index contributed by atoms with van der Waals surface area (Å²) in [5, 5.41) is 3.09. The average molecular weight is 304 g/mol. The standard InChI is InChI=1S/C12H20N2O3S2/c1-14(2)19(16,17)12-8-5-4-7-11(12)13-9-6-10-18(3)15/h4-5,7-8,13H,6,9-10H2,1-3H3. The number of rotatable bonds is 7. The third kappa shape index (κ3) is 4.59. The summed E-state index contributed by atoms with van der Waals surface area (Å²) in [5.41, 5.74) is 0.582. The van der Waals surface area contributed by atoms with Gasteiger partial charge in [0.15, 0.2) is 0 Å². The Bertz CT molecular complexity index is 542. The first-order chi connectivity index (χ1) is 8.85. The third-order valence-electron chi connectivity index (χ3n) is 2.57. The van der Waals surface area contributed by atoms with Crippen LogP contribution in [0.2, 0.25) is 0 Å². The highest BCUT2D eigenvalue weighted by Gasteiger charge is 2.20. The summed E-state index contributed by atoms with van der Waals surface area (Å²) in [4.78, 5) is 0.262. The highest BCUT2D eigenvalue weighted by molar-refractivity contribution is 7.89. The summed E-state index contributed by atoms with van der Waals surface area (Å²) in [6.07, 6.45) is 2.39. The smallest absolute Gasteiger partial charge is 0.244 e. The van der Waals surface area contributed by atoms with Crippen molar-refractivity contribution in [3.63, 3.8) is 0 Å². The zero-order chi connectivity index (χ0) is 14.5. The fourth-order valence-electron chi connectivity index (χ4n) is 1.53. The van der Waals surface area contributed by atoms with Crippen molar-refractivity contribution in [1.82, 2.24) is 4.31 Å². The van der Waals surface area contributed by atoms with Crippen LogP contribution in [0.5, 0.6) is 0 Å². The molecule has 0 fully saturated rings. The lowest BCUT2D eigenvalue weighted by atomic mass is 10.3. The Labute approximate surface area is 117 Å². The van der Waals surface area contributed by atoms with E-state index < -0.39 is 20.8 Å². The molecule has 1 unspecified atom stereocenters. The second-order valence-corrected chi connectivity index (χ2v) is 8.02. The van der Waals surface area contributed by atoms with Gasteiger partial charge in [0.25, 0.3) is 0 Å². The van der Waals surface area contributed by atoms with E-state index in [1.165, 1.54) is 18.4 Å². The zero-order valence-electron chi connectivity index (χ0n) is 11.4. The number of para-hydroxylation sites is 1. The Morgan fingerprint density at radius 1 is 1.26 bits per heavy atom. The Kier molecular flexibility index (Phi) is 5.96. The summed E-state index contributed by atoms with van der Waals surface area (Å²) >= 11 is 0. The Morgan fingerprint density at radius 2 is 1.89 bits per heavy atom. The zero-order valence-corrected chi connectivity index (χ0v) is 13.1. The van der Waals surface area contributed by atoms with Crippen molar-refractivity contribution in [2.45, 2.75) is 11.3 Å². The van der Waals surface area contributed by atoms with Crippen LogP contribution in [-0.2, 0) is 20.8 Å². The topological polar surface area (TPSA) is 66.5 Å². The molecule has 0 amide bonds. The van der Waals surface area contributed by atoms with Crippen LogP contribution in [0.1, 0.15) is 6.42 Å². The Hall–Kier alpha value is -0.920. The summed E-state index contributed by atoms with van der Waals surface area (Å²) in [6, 6.07) is 6.80. The van der Waals surface area contributed by atoms with E-state index in [2.05, 4.69) is 5.32 Å². The van der Waals surface area contributed by atoms with Gasteiger partial charge < -0.3 is 5.32 Å². The number of hydrogen-bond donors (Lipinski definition) is 1. The van der Waals surface area contributed by atoms with Gasteiger partial charge in [-0.3, -0.25) is 4.21 Å². The highest BCUT2D eigenvalue weighted by Crippen LogP contribution is 2.22. The average Bonchev–Trinajstić information content (AvgIpc) is 2.34. The molecule has 108 valence electrons. The molecule has 19 heavy (non-hydrogen) atoms. The molecule has 0 heterocycles. The van der Waals surface area contributed by atoms with E-state index in [0.717, 1.165) is 6.42 Å². The molecule has 5 nitrogen and oxygen atoms in total. The first-order valence-electron chi connectivity index (χ1n) is 5.91. The molecule has 0 saturated carbocycles. The van der Waals surface area contributed by atoms with E-state index in [4.69, 9.17) is 0 Å². The molecule has 0 aliphatic heterocycles. The number of anilines is 1. The van der Waals surface area contributed by atoms with E-state index in [1.54, 1.807) is 30.5 Å². The number of nitrogens with zero attached hydrogens (tertiary/aromatic N) is 1. The predicted molar refractivity (Wildman–Crippen MR) is 79.4 cm³/mol. The third-order valence-corrected chi connectivity index (χ3v) is 5.31. The van der Waals surface area contributed by atoms with Crippen molar-refractivity contribution in [3.05, 3.63) is 24.3 Å². The van der Waals surface area contributed by atoms with Crippen molar-refractivity contribution >= 4 is 26.5 Å². The monoisotopic (exact) mass is 304 g/mol.